The first-order valence-electron chi connectivity index (χ1n) is 9.54. The van der Waals surface area contributed by atoms with Gasteiger partial charge < -0.3 is 9.47 Å². The standard InChI is InChI=1S/C21H26N4O2/c1-16-8-9-18(19(14-16)26-2)27-13-12-24-10-5-6-17(15-24)21-23-22-20-7-3-4-11-25(20)21/h3-4,7-9,11,14,17H,5-6,10,12-13,15H2,1-2H3/t17-/m1/s1. The van der Waals surface area contributed by atoms with Crippen LogP contribution in [0.1, 0.15) is 30.1 Å². The second kappa shape index (κ2) is 7.96. The summed E-state index contributed by atoms with van der Waals surface area (Å²) >= 11 is 0. The van der Waals surface area contributed by atoms with E-state index in [1.54, 1.807) is 7.11 Å². The number of benzene rings is 1. The lowest BCUT2D eigenvalue weighted by atomic mass is 9.97. The highest BCUT2D eigenvalue weighted by Gasteiger charge is 2.25. The molecule has 1 fully saturated rings. The average Bonchev–Trinajstić information content (AvgIpc) is 3.13. The Balaban J connectivity index is 1.36. The molecule has 1 aliphatic heterocycles. The Labute approximate surface area is 159 Å². The van der Waals surface area contributed by atoms with Crippen LogP contribution in [0.4, 0.5) is 0 Å². The van der Waals surface area contributed by atoms with Gasteiger partial charge in [0, 0.05) is 25.2 Å². The van der Waals surface area contributed by atoms with Gasteiger partial charge in [-0.25, -0.2) is 0 Å². The molecule has 1 saturated heterocycles. The predicted molar refractivity (Wildman–Crippen MR) is 105 cm³/mol. The van der Waals surface area contributed by atoms with Crippen molar-refractivity contribution in [3.8, 4) is 11.5 Å². The van der Waals surface area contributed by atoms with E-state index in [4.69, 9.17) is 9.47 Å². The lowest BCUT2D eigenvalue weighted by Gasteiger charge is -2.31. The van der Waals surface area contributed by atoms with Gasteiger partial charge in [0.05, 0.1) is 7.11 Å². The van der Waals surface area contributed by atoms with Crippen molar-refractivity contribution in [3.63, 3.8) is 0 Å². The Morgan fingerprint density at radius 3 is 2.96 bits per heavy atom. The van der Waals surface area contributed by atoms with Crippen molar-refractivity contribution in [3.05, 3.63) is 54.0 Å². The zero-order valence-corrected chi connectivity index (χ0v) is 16.0. The van der Waals surface area contributed by atoms with Crippen LogP contribution in [0.3, 0.4) is 0 Å². The molecule has 0 N–H and O–H groups in total. The molecule has 0 aliphatic carbocycles. The largest absolute Gasteiger partial charge is 0.493 e. The summed E-state index contributed by atoms with van der Waals surface area (Å²) in [5, 5.41) is 8.75. The number of piperidine rings is 1. The van der Waals surface area contributed by atoms with Gasteiger partial charge in [0.2, 0.25) is 0 Å². The minimum absolute atomic E-state index is 0.407. The number of aryl methyl sites for hydroxylation is 1. The molecule has 1 atom stereocenters. The number of fused-ring (bicyclic) bond motifs is 1. The number of rotatable bonds is 6. The monoisotopic (exact) mass is 366 g/mol. The van der Waals surface area contributed by atoms with Crippen LogP contribution in [0.2, 0.25) is 0 Å². The number of pyridine rings is 1. The summed E-state index contributed by atoms with van der Waals surface area (Å²) in [4.78, 5) is 2.46. The van der Waals surface area contributed by atoms with E-state index >= 15 is 0 Å². The average molecular weight is 366 g/mol. The fourth-order valence-electron chi connectivity index (χ4n) is 3.79. The Kier molecular flexibility index (Phi) is 5.25. The molecule has 1 aliphatic rings. The summed E-state index contributed by atoms with van der Waals surface area (Å²) in [7, 11) is 1.68. The highest BCUT2D eigenvalue weighted by molar-refractivity contribution is 5.42. The molecule has 142 valence electrons. The van der Waals surface area contributed by atoms with E-state index in [1.807, 2.05) is 43.3 Å². The SMILES string of the molecule is COc1cc(C)ccc1OCCN1CCC[C@@H](c2nnc3ccccn23)C1. The van der Waals surface area contributed by atoms with E-state index in [1.165, 1.54) is 12.0 Å². The van der Waals surface area contributed by atoms with Gasteiger partial charge in [-0.15, -0.1) is 10.2 Å². The van der Waals surface area contributed by atoms with Crippen LogP contribution in [0.5, 0.6) is 11.5 Å². The summed E-state index contributed by atoms with van der Waals surface area (Å²) in [6, 6.07) is 12.1. The minimum atomic E-state index is 0.407. The summed E-state index contributed by atoms with van der Waals surface area (Å²) in [5.74, 6) is 3.07. The molecule has 6 nitrogen and oxygen atoms in total. The van der Waals surface area contributed by atoms with Gasteiger partial charge in [-0.05, 0) is 56.1 Å². The predicted octanol–water partition coefficient (Wildman–Crippen LogP) is 3.30. The Bertz CT molecular complexity index is 908. The third kappa shape index (κ3) is 3.90. The molecule has 0 amide bonds. The van der Waals surface area contributed by atoms with E-state index in [0.29, 0.717) is 12.5 Å². The molecule has 27 heavy (non-hydrogen) atoms. The molecule has 3 heterocycles. The quantitative estimate of drug-likeness (QED) is 0.670. The maximum Gasteiger partial charge on any atom is 0.161 e. The second-order valence-electron chi connectivity index (χ2n) is 7.13. The molecule has 6 heteroatoms. The highest BCUT2D eigenvalue weighted by atomic mass is 16.5. The summed E-state index contributed by atoms with van der Waals surface area (Å²) in [6.07, 6.45) is 4.37. The first-order chi connectivity index (χ1) is 13.2. The number of likely N-dealkylation sites (tertiary alicyclic amines) is 1. The van der Waals surface area contributed by atoms with Crippen LogP contribution < -0.4 is 9.47 Å². The zero-order valence-electron chi connectivity index (χ0n) is 16.0. The maximum absolute atomic E-state index is 5.98. The number of methoxy groups -OCH3 is 1. The lowest BCUT2D eigenvalue weighted by Crippen LogP contribution is -2.37. The van der Waals surface area contributed by atoms with Crippen molar-refractivity contribution < 1.29 is 9.47 Å². The van der Waals surface area contributed by atoms with Crippen LogP contribution in [0.15, 0.2) is 42.6 Å². The van der Waals surface area contributed by atoms with Crippen molar-refractivity contribution in [1.29, 1.82) is 0 Å². The minimum Gasteiger partial charge on any atom is -0.493 e. The van der Waals surface area contributed by atoms with Crippen molar-refractivity contribution in [2.24, 2.45) is 0 Å². The van der Waals surface area contributed by atoms with E-state index in [2.05, 4.69) is 25.7 Å². The first-order valence-corrected chi connectivity index (χ1v) is 9.54. The summed E-state index contributed by atoms with van der Waals surface area (Å²) < 4.78 is 13.5. The molecule has 0 spiro atoms. The van der Waals surface area contributed by atoms with Crippen molar-refractivity contribution in [1.82, 2.24) is 19.5 Å². The van der Waals surface area contributed by atoms with Gasteiger partial charge in [-0.3, -0.25) is 9.30 Å². The highest BCUT2D eigenvalue weighted by Crippen LogP contribution is 2.28. The van der Waals surface area contributed by atoms with Gasteiger partial charge >= 0.3 is 0 Å². The van der Waals surface area contributed by atoms with Crippen molar-refractivity contribution in [2.75, 3.05) is 33.4 Å². The third-order valence-electron chi connectivity index (χ3n) is 5.19. The van der Waals surface area contributed by atoms with Gasteiger partial charge in [0.1, 0.15) is 12.4 Å². The van der Waals surface area contributed by atoms with Gasteiger partial charge in [-0.1, -0.05) is 12.1 Å². The summed E-state index contributed by atoms with van der Waals surface area (Å²) in [6.45, 7) is 5.68. The van der Waals surface area contributed by atoms with Crippen molar-refractivity contribution >= 4 is 5.65 Å². The molecule has 3 aromatic rings. The van der Waals surface area contributed by atoms with E-state index in [9.17, 15) is 0 Å². The molecule has 0 bridgehead atoms. The molecule has 1 aromatic carbocycles. The third-order valence-corrected chi connectivity index (χ3v) is 5.19. The van der Waals surface area contributed by atoms with Gasteiger partial charge in [-0.2, -0.15) is 0 Å². The van der Waals surface area contributed by atoms with Crippen LogP contribution in [0.25, 0.3) is 5.65 Å². The smallest absolute Gasteiger partial charge is 0.161 e. The molecule has 0 radical (unpaired) electrons. The van der Waals surface area contributed by atoms with Crippen LogP contribution in [0, 0.1) is 6.92 Å². The lowest BCUT2D eigenvalue weighted by molar-refractivity contribution is 0.165. The van der Waals surface area contributed by atoms with E-state index in [-0.39, 0.29) is 0 Å². The Hall–Kier alpha value is -2.60. The topological polar surface area (TPSA) is 51.9 Å². The molecular weight excluding hydrogens is 340 g/mol. The first kappa shape index (κ1) is 17.8. The molecule has 0 unspecified atom stereocenters. The number of aromatic nitrogens is 3. The zero-order chi connectivity index (χ0) is 18.6. The number of hydrogen-bond acceptors (Lipinski definition) is 5. The fourth-order valence-corrected chi connectivity index (χ4v) is 3.79. The van der Waals surface area contributed by atoms with Gasteiger partial charge in [0.15, 0.2) is 17.1 Å². The number of hydrogen-bond donors (Lipinski definition) is 0. The maximum atomic E-state index is 5.98. The fraction of sp³-hybridized carbons (Fsp3) is 0.429. The molecule has 0 saturated carbocycles. The van der Waals surface area contributed by atoms with Crippen molar-refractivity contribution in [2.45, 2.75) is 25.7 Å². The van der Waals surface area contributed by atoms with Crippen LogP contribution >= 0.6 is 0 Å². The Morgan fingerprint density at radius 1 is 1.15 bits per heavy atom. The van der Waals surface area contributed by atoms with Crippen LogP contribution in [-0.2, 0) is 0 Å². The Morgan fingerprint density at radius 2 is 2.07 bits per heavy atom. The number of ether oxygens (including phenoxy) is 2. The molecule has 4 rings (SSSR count). The molecule has 2 aromatic heterocycles. The van der Waals surface area contributed by atoms with Gasteiger partial charge in [0.25, 0.3) is 0 Å². The van der Waals surface area contributed by atoms with Crippen LogP contribution in [-0.4, -0.2) is 52.8 Å². The second-order valence-corrected chi connectivity index (χ2v) is 7.13. The van der Waals surface area contributed by atoms with E-state index in [0.717, 1.165) is 49.0 Å². The normalized spacial score (nSPS) is 17.9. The summed E-state index contributed by atoms with van der Waals surface area (Å²) in [5.41, 5.74) is 2.08. The van der Waals surface area contributed by atoms with E-state index < -0.39 is 0 Å². The molecular formula is C21H26N4O2. The number of nitrogens with zero attached hydrogens (tertiary/aromatic N) is 4.